The third-order valence-corrected chi connectivity index (χ3v) is 6.22. The molecule has 2 amide bonds. The van der Waals surface area contributed by atoms with Crippen LogP contribution in [0.2, 0.25) is 0 Å². The first kappa shape index (κ1) is 19.6. The summed E-state index contributed by atoms with van der Waals surface area (Å²) in [6.45, 7) is 0. The van der Waals surface area contributed by atoms with Crippen LogP contribution in [0.15, 0.2) is 77.7 Å². The maximum absolute atomic E-state index is 12.7. The second-order valence-corrected chi connectivity index (χ2v) is 8.48. The molecule has 0 spiro atoms. The van der Waals surface area contributed by atoms with E-state index < -0.39 is 27.7 Å². The second-order valence-electron chi connectivity index (χ2n) is 6.38. The van der Waals surface area contributed by atoms with Crippen LogP contribution in [0.25, 0.3) is 10.8 Å². The fourth-order valence-electron chi connectivity index (χ4n) is 2.96. The van der Waals surface area contributed by atoms with Gasteiger partial charge >= 0.3 is 0 Å². The van der Waals surface area contributed by atoms with Crippen molar-refractivity contribution in [3.8, 4) is 0 Å². The number of amides is 2. The Morgan fingerprint density at radius 1 is 0.893 bits per heavy atom. The maximum Gasteiger partial charge on any atom is 0.252 e. The predicted molar refractivity (Wildman–Crippen MR) is 108 cm³/mol. The van der Waals surface area contributed by atoms with Gasteiger partial charge in [-0.15, -0.1) is 0 Å². The van der Waals surface area contributed by atoms with Crippen LogP contribution in [0.5, 0.6) is 0 Å². The third-order valence-electron chi connectivity index (χ3n) is 4.46. The molecule has 144 valence electrons. The Morgan fingerprint density at radius 3 is 2.25 bits per heavy atom. The van der Waals surface area contributed by atoms with E-state index >= 15 is 0 Å². The van der Waals surface area contributed by atoms with Gasteiger partial charge in [0.05, 0.1) is 10.6 Å². The zero-order valence-electron chi connectivity index (χ0n) is 15.0. The molecular weight excluding hydrogens is 376 g/mol. The van der Waals surface area contributed by atoms with Crippen LogP contribution in [-0.2, 0) is 14.6 Å². The first-order valence-electron chi connectivity index (χ1n) is 8.74. The Bertz CT molecular complexity index is 1110. The summed E-state index contributed by atoms with van der Waals surface area (Å²) in [5.74, 6) is -1.56. The molecule has 0 fully saturated rings. The van der Waals surface area contributed by atoms with Crippen molar-refractivity contribution in [1.29, 1.82) is 0 Å². The summed E-state index contributed by atoms with van der Waals surface area (Å²) in [4.78, 5) is 24.7. The number of fused-ring (bicyclic) bond motifs is 1. The van der Waals surface area contributed by atoms with Gasteiger partial charge in [-0.05, 0) is 35.4 Å². The predicted octanol–water partition coefficient (Wildman–Crippen LogP) is 2.29. The summed E-state index contributed by atoms with van der Waals surface area (Å²) in [7, 11) is -3.58. The molecule has 3 N–H and O–H groups in total. The molecule has 3 aromatic rings. The van der Waals surface area contributed by atoms with Gasteiger partial charge in [0.25, 0.3) is 5.91 Å². The largest absolute Gasteiger partial charge is 0.368 e. The van der Waals surface area contributed by atoms with Gasteiger partial charge in [-0.2, -0.15) is 0 Å². The van der Waals surface area contributed by atoms with Crippen LogP contribution in [0.1, 0.15) is 16.8 Å². The molecule has 28 heavy (non-hydrogen) atoms. The summed E-state index contributed by atoms with van der Waals surface area (Å²) < 4.78 is 24.8. The zero-order valence-corrected chi connectivity index (χ0v) is 15.9. The molecule has 0 aliphatic heterocycles. The van der Waals surface area contributed by atoms with Crippen molar-refractivity contribution in [2.45, 2.75) is 17.4 Å². The van der Waals surface area contributed by atoms with E-state index in [-0.39, 0.29) is 17.1 Å². The SMILES string of the molecule is NC(=O)[C@@H](CCS(=O)(=O)c1ccccc1)NC(=O)c1cccc2ccccc12. The number of rotatable bonds is 7. The fourth-order valence-corrected chi connectivity index (χ4v) is 4.32. The van der Waals surface area contributed by atoms with E-state index in [9.17, 15) is 18.0 Å². The van der Waals surface area contributed by atoms with Crippen LogP contribution >= 0.6 is 0 Å². The van der Waals surface area contributed by atoms with E-state index in [0.717, 1.165) is 10.8 Å². The smallest absolute Gasteiger partial charge is 0.252 e. The van der Waals surface area contributed by atoms with Crippen molar-refractivity contribution < 1.29 is 18.0 Å². The lowest BCUT2D eigenvalue weighted by molar-refractivity contribution is -0.119. The number of primary amides is 1. The lowest BCUT2D eigenvalue weighted by Gasteiger charge is -2.16. The Kier molecular flexibility index (Phi) is 5.75. The molecule has 0 aliphatic carbocycles. The standard InChI is InChI=1S/C21H20N2O4S/c22-20(24)19(13-14-28(26,27)16-9-2-1-3-10-16)23-21(25)18-12-6-8-15-7-4-5-11-17(15)18/h1-12,19H,13-14H2,(H2,22,24)(H,23,25)/t19-/m1/s1. The van der Waals surface area contributed by atoms with Gasteiger partial charge in [-0.25, -0.2) is 8.42 Å². The average molecular weight is 396 g/mol. The number of nitrogens with one attached hydrogen (secondary N) is 1. The van der Waals surface area contributed by atoms with Gasteiger partial charge in [0, 0.05) is 5.56 Å². The minimum Gasteiger partial charge on any atom is -0.368 e. The zero-order chi connectivity index (χ0) is 20.1. The molecular formula is C21H20N2O4S. The molecule has 0 bridgehead atoms. The van der Waals surface area contributed by atoms with Gasteiger partial charge in [-0.1, -0.05) is 54.6 Å². The second kappa shape index (κ2) is 8.22. The molecule has 0 unspecified atom stereocenters. The van der Waals surface area contributed by atoms with Crippen LogP contribution in [0.4, 0.5) is 0 Å². The van der Waals surface area contributed by atoms with Crippen molar-refractivity contribution in [3.63, 3.8) is 0 Å². The highest BCUT2D eigenvalue weighted by atomic mass is 32.2. The van der Waals surface area contributed by atoms with Crippen LogP contribution < -0.4 is 11.1 Å². The lowest BCUT2D eigenvalue weighted by Crippen LogP contribution is -2.45. The van der Waals surface area contributed by atoms with Gasteiger partial charge in [0.2, 0.25) is 5.91 Å². The third kappa shape index (κ3) is 4.37. The maximum atomic E-state index is 12.7. The highest BCUT2D eigenvalue weighted by molar-refractivity contribution is 7.91. The van der Waals surface area contributed by atoms with Gasteiger partial charge in [-0.3, -0.25) is 9.59 Å². The van der Waals surface area contributed by atoms with Crippen molar-refractivity contribution in [2.24, 2.45) is 5.73 Å². The number of hydrogen-bond acceptors (Lipinski definition) is 4. The summed E-state index contributed by atoms with van der Waals surface area (Å²) in [5, 5.41) is 4.20. The van der Waals surface area contributed by atoms with Crippen molar-refractivity contribution in [3.05, 3.63) is 78.4 Å². The molecule has 3 aromatic carbocycles. The molecule has 0 radical (unpaired) electrons. The van der Waals surface area contributed by atoms with Crippen molar-refractivity contribution in [2.75, 3.05) is 5.75 Å². The average Bonchev–Trinajstić information content (AvgIpc) is 2.71. The highest BCUT2D eigenvalue weighted by Gasteiger charge is 2.23. The summed E-state index contributed by atoms with van der Waals surface area (Å²) >= 11 is 0. The first-order valence-corrected chi connectivity index (χ1v) is 10.4. The topological polar surface area (TPSA) is 106 Å². The Morgan fingerprint density at radius 2 is 1.54 bits per heavy atom. The number of carbonyl (C=O) groups excluding carboxylic acids is 2. The van der Waals surface area contributed by atoms with E-state index in [4.69, 9.17) is 5.73 Å². The number of carbonyl (C=O) groups is 2. The minimum atomic E-state index is -3.58. The van der Waals surface area contributed by atoms with E-state index in [2.05, 4.69) is 5.32 Å². The summed E-state index contributed by atoms with van der Waals surface area (Å²) in [6.07, 6.45) is -0.108. The minimum absolute atomic E-state index is 0.108. The molecule has 7 heteroatoms. The molecule has 0 saturated heterocycles. The molecule has 0 aromatic heterocycles. The van der Waals surface area contributed by atoms with E-state index in [1.165, 1.54) is 12.1 Å². The molecule has 0 heterocycles. The molecule has 1 atom stereocenters. The molecule has 6 nitrogen and oxygen atoms in total. The van der Waals surface area contributed by atoms with Crippen molar-refractivity contribution >= 4 is 32.4 Å². The number of benzene rings is 3. The fraction of sp³-hybridized carbons (Fsp3) is 0.143. The van der Waals surface area contributed by atoms with Crippen LogP contribution in [-0.4, -0.2) is 32.0 Å². The first-order chi connectivity index (χ1) is 13.4. The number of hydrogen-bond donors (Lipinski definition) is 2. The number of nitrogens with two attached hydrogens (primary N) is 1. The van der Waals surface area contributed by atoms with E-state index in [1.54, 1.807) is 30.3 Å². The van der Waals surface area contributed by atoms with Gasteiger partial charge < -0.3 is 11.1 Å². The molecule has 0 saturated carbocycles. The normalized spacial score (nSPS) is 12.4. The van der Waals surface area contributed by atoms with Gasteiger partial charge in [0.1, 0.15) is 6.04 Å². The molecule has 0 aliphatic rings. The Labute approximate surface area is 163 Å². The Balaban J connectivity index is 1.76. The van der Waals surface area contributed by atoms with Gasteiger partial charge in [0.15, 0.2) is 9.84 Å². The summed E-state index contributed by atoms with van der Waals surface area (Å²) in [6, 6.07) is 19.5. The quantitative estimate of drug-likeness (QED) is 0.639. The van der Waals surface area contributed by atoms with E-state index in [1.807, 2.05) is 30.3 Å². The lowest BCUT2D eigenvalue weighted by atomic mass is 10.0. The van der Waals surface area contributed by atoms with Crippen LogP contribution in [0, 0.1) is 0 Å². The van der Waals surface area contributed by atoms with Crippen LogP contribution in [0.3, 0.4) is 0 Å². The number of sulfone groups is 1. The van der Waals surface area contributed by atoms with Crippen molar-refractivity contribution in [1.82, 2.24) is 5.32 Å². The monoisotopic (exact) mass is 396 g/mol. The van der Waals surface area contributed by atoms with E-state index in [0.29, 0.717) is 5.56 Å². The summed E-state index contributed by atoms with van der Waals surface area (Å²) in [5.41, 5.74) is 5.79. The molecule has 3 rings (SSSR count). The highest BCUT2D eigenvalue weighted by Crippen LogP contribution is 2.19. The Hall–Kier alpha value is -3.19.